The molecule has 1 heteroatoms. The lowest BCUT2D eigenvalue weighted by atomic mass is 9.90. The smallest absolute Gasteiger partial charge is 0.123 e. The normalized spacial score (nSPS) is 10.7. The molecule has 1 N–H and O–H groups in total. The summed E-state index contributed by atoms with van der Waals surface area (Å²) in [6.07, 6.45) is 2.92. The Bertz CT molecular complexity index is 548. The summed E-state index contributed by atoms with van der Waals surface area (Å²) in [6.45, 7) is 6.43. The zero-order valence-electron chi connectivity index (χ0n) is 12.0. The van der Waals surface area contributed by atoms with Gasteiger partial charge in [0.15, 0.2) is 0 Å². The molecule has 0 saturated carbocycles. The quantitative estimate of drug-likeness (QED) is 0.835. The van der Waals surface area contributed by atoms with Crippen LogP contribution < -0.4 is 0 Å². The SMILES string of the molecule is CCc1ccc(-c2c(CC)cccc2CC)c(O)c1. The van der Waals surface area contributed by atoms with E-state index in [4.69, 9.17) is 0 Å². The van der Waals surface area contributed by atoms with Crippen molar-refractivity contribution in [3.8, 4) is 16.9 Å². The van der Waals surface area contributed by atoms with Gasteiger partial charge in [-0.1, -0.05) is 51.1 Å². The van der Waals surface area contributed by atoms with Gasteiger partial charge in [0.1, 0.15) is 5.75 Å². The summed E-state index contributed by atoms with van der Waals surface area (Å²) in [5, 5.41) is 10.3. The van der Waals surface area contributed by atoms with Gasteiger partial charge in [0.25, 0.3) is 0 Å². The van der Waals surface area contributed by atoms with E-state index in [1.54, 1.807) is 0 Å². The van der Waals surface area contributed by atoms with Crippen LogP contribution in [0.4, 0.5) is 0 Å². The molecule has 2 aromatic rings. The highest BCUT2D eigenvalue weighted by Crippen LogP contribution is 2.35. The molecule has 0 aliphatic carbocycles. The van der Waals surface area contributed by atoms with E-state index >= 15 is 0 Å². The zero-order valence-corrected chi connectivity index (χ0v) is 12.0. The molecule has 1 nitrogen and oxygen atoms in total. The molecule has 0 atom stereocenters. The molecule has 0 unspecified atom stereocenters. The van der Waals surface area contributed by atoms with E-state index in [0.717, 1.165) is 24.8 Å². The topological polar surface area (TPSA) is 20.2 Å². The van der Waals surface area contributed by atoms with Gasteiger partial charge < -0.3 is 5.11 Å². The molecule has 0 amide bonds. The third-order valence-corrected chi connectivity index (χ3v) is 3.74. The monoisotopic (exact) mass is 254 g/mol. The third-order valence-electron chi connectivity index (χ3n) is 3.74. The van der Waals surface area contributed by atoms with E-state index in [-0.39, 0.29) is 0 Å². The fraction of sp³-hybridized carbons (Fsp3) is 0.333. The number of hydrogen-bond acceptors (Lipinski definition) is 1. The molecular weight excluding hydrogens is 232 g/mol. The minimum absolute atomic E-state index is 0.398. The highest BCUT2D eigenvalue weighted by Gasteiger charge is 2.12. The minimum Gasteiger partial charge on any atom is -0.507 e. The van der Waals surface area contributed by atoms with Gasteiger partial charge in [-0.2, -0.15) is 0 Å². The second-order valence-electron chi connectivity index (χ2n) is 4.86. The Morgan fingerprint density at radius 2 is 1.47 bits per heavy atom. The van der Waals surface area contributed by atoms with Crippen LogP contribution in [-0.2, 0) is 19.3 Å². The maximum Gasteiger partial charge on any atom is 0.123 e. The second kappa shape index (κ2) is 5.92. The van der Waals surface area contributed by atoms with Crippen LogP contribution in [0.2, 0.25) is 0 Å². The molecule has 0 saturated heterocycles. The molecule has 0 heterocycles. The predicted octanol–water partition coefficient (Wildman–Crippen LogP) is 4.75. The molecule has 0 bridgehead atoms. The first-order valence-corrected chi connectivity index (χ1v) is 7.14. The molecule has 0 radical (unpaired) electrons. The van der Waals surface area contributed by atoms with Crippen molar-refractivity contribution in [2.75, 3.05) is 0 Å². The van der Waals surface area contributed by atoms with Crippen molar-refractivity contribution in [3.05, 3.63) is 53.1 Å². The lowest BCUT2D eigenvalue weighted by Crippen LogP contribution is -1.95. The molecule has 100 valence electrons. The minimum atomic E-state index is 0.398. The van der Waals surface area contributed by atoms with Crippen molar-refractivity contribution in [1.29, 1.82) is 0 Å². The average molecular weight is 254 g/mol. The molecule has 2 rings (SSSR count). The van der Waals surface area contributed by atoms with Crippen LogP contribution in [-0.4, -0.2) is 5.11 Å². The van der Waals surface area contributed by atoms with Crippen LogP contribution >= 0.6 is 0 Å². The highest BCUT2D eigenvalue weighted by molar-refractivity contribution is 5.76. The van der Waals surface area contributed by atoms with Gasteiger partial charge in [-0.25, -0.2) is 0 Å². The Morgan fingerprint density at radius 1 is 0.842 bits per heavy atom. The van der Waals surface area contributed by atoms with E-state index in [2.05, 4.69) is 51.1 Å². The Morgan fingerprint density at radius 3 is 1.95 bits per heavy atom. The number of phenolic OH excluding ortho intramolecular Hbond substituents is 1. The molecular formula is C18H22O. The van der Waals surface area contributed by atoms with Gasteiger partial charge >= 0.3 is 0 Å². The first-order chi connectivity index (χ1) is 9.21. The Hall–Kier alpha value is -1.76. The number of benzene rings is 2. The Labute approximate surface area is 115 Å². The van der Waals surface area contributed by atoms with Crippen molar-refractivity contribution in [2.45, 2.75) is 40.0 Å². The lowest BCUT2D eigenvalue weighted by molar-refractivity contribution is 0.476. The fourth-order valence-corrected chi connectivity index (χ4v) is 2.60. The number of rotatable bonds is 4. The highest BCUT2D eigenvalue weighted by atomic mass is 16.3. The van der Waals surface area contributed by atoms with E-state index < -0.39 is 0 Å². The molecule has 0 spiro atoms. The van der Waals surface area contributed by atoms with E-state index in [0.29, 0.717) is 5.75 Å². The van der Waals surface area contributed by atoms with Crippen LogP contribution in [0.1, 0.15) is 37.5 Å². The summed E-state index contributed by atoms with van der Waals surface area (Å²) in [5.41, 5.74) is 5.96. The summed E-state index contributed by atoms with van der Waals surface area (Å²) >= 11 is 0. The van der Waals surface area contributed by atoms with Crippen LogP contribution in [0.3, 0.4) is 0 Å². The van der Waals surface area contributed by atoms with Crippen molar-refractivity contribution >= 4 is 0 Å². The summed E-state index contributed by atoms with van der Waals surface area (Å²) in [4.78, 5) is 0. The van der Waals surface area contributed by atoms with E-state index in [1.165, 1.54) is 22.3 Å². The predicted molar refractivity (Wildman–Crippen MR) is 81.7 cm³/mol. The van der Waals surface area contributed by atoms with Crippen LogP contribution in [0.15, 0.2) is 36.4 Å². The van der Waals surface area contributed by atoms with Crippen LogP contribution in [0.5, 0.6) is 5.75 Å². The van der Waals surface area contributed by atoms with E-state index in [9.17, 15) is 5.11 Å². The van der Waals surface area contributed by atoms with Gasteiger partial charge in [0.05, 0.1) is 0 Å². The van der Waals surface area contributed by atoms with Gasteiger partial charge in [0.2, 0.25) is 0 Å². The van der Waals surface area contributed by atoms with Crippen molar-refractivity contribution in [2.24, 2.45) is 0 Å². The molecule has 19 heavy (non-hydrogen) atoms. The molecule has 2 aromatic carbocycles. The van der Waals surface area contributed by atoms with Crippen molar-refractivity contribution in [3.63, 3.8) is 0 Å². The van der Waals surface area contributed by atoms with E-state index in [1.807, 2.05) is 6.07 Å². The lowest BCUT2D eigenvalue weighted by Gasteiger charge is -2.15. The zero-order chi connectivity index (χ0) is 13.8. The maximum atomic E-state index is 10.3. The standard InChI is InChI=1S/C18H22O/c1-4-13-10-11-16(17(19)12-13)18-14(5-2)8-7-9-15(18)6-3/h7-12,19H,4-6H2,1-3H3. The molecule has 0 aliphatic heterocycles. The largest absolute Gasteiger partial charge is 0.507 e. The molecule has 0 fully saturated rings. The summed E-state index contributed by atoms with van der Waals surface area (Å²) in [5.74, 6) is 0.398. The Kier molecular flexibility index (Phi) is 4.26. The summed E-state index contributed by atoms with van der Waals surface area (Å²) in [6, 6.07) is 12.5. The summed E-state index contributed by atoms with van der Waals surface area (Å²) in [7, 11) is 0. The van der Waals surface area contributed by atoms with Gasteiger partial charge in [-0.3, -0.25) is 0 Å². The van der Waals surface area contributed by atoms with Crippen molar-refractivity contribution in [1.82, 2.24) is 0 Å². The van der Waals surface area contributed by atoms with Gasteiger partial charge in [-0.15, -0.1) is 0 Å². The maximum absolute atomic E-state index is 10.3. The average Bonchev–Trinajstić information content (AvgIpc) is 2.46. The van der Waals surface area contributed by atoms with Gasteiger partial charge in [-0.05, 0) is 47.6 Å². The number of aryl methyl sites for hydroxylation is 3. The van der Waals surface area contributed by atoms with Gasteiger partial charge in [0, 0.05) is 5.56 Å². The van der Waals surface area contributed by atoms with Crippen molar-refractivity contribution < 1.29 is 5.11 Å². The second-order valence-corrected chi connectivity index (χ2v) is 4.86. The number of phenols is 1. The summed E-state index contributed by atoms with van der Waals surface area (Å²) < 4.78 is 0. The number of hydrogen-bond donors (Lipinski definition) is 1. The Balaban J connectivity index is 2.63. The number of aromatic hydroxyl groups is 1. The first-order valence-electron chi connectivity index (χ1n) is 7.14. The molecule has 0 aliphatic rings. The van der Waals surface area contributed by atoms with Crippen LogP contribution in [0, 0.1) is 0 Å². The van der Waals surface area contributed by atoms with Crippen LogP contribution in [0.25, 0.3) is 11.1 Å². The fourth-order valence-electron chi connectivity index (χ4n) is 2.60. The third kappa shape index (κ3) is 2.65. The molecule has 0 aromatic heterocycles. The first kappa shape index (κ1) is 13.7.